The number of benzene rings is 2. The minimum atomic E-state index is -0.544. The second-order valence-corrected chi connectivity index (χ2v) is 7.00. The van der Waals surface area contributed by atoms with Gasteiger partial charge >= 0.3 is 0 Å². The first-order valence-corrected chi connectivity index (χ1v) is 9.70. The van der Waals surface area contributed by atoms with Crippen LogP contribution in [0.3, 0.4) is 0 Å². The number of rotatable bonds is 9. The van der Waals surface area contributed by atoms with Crippen molar-refractivity contribution in [1.82, 2.24) is 10.2 Å². The van der Waals surface area contributed by atoms with Crippen LogP contribution in [0.25, 0.3) is 0 Å². The first-order chi connectivity index (χ1) is 13.4. The van der Waals surface area contributed by atoms with Crippen molar-refractivity contribution < 1.29 is 14.3 Å². The van der Waals surface area contributed by atoms with E-state index in [9.17, 15) is 9.59 Å². The molecular formula is C23H30N2O3. The Labute approximate surface area is 167 Å². The summed E-state index contributed by atoms with van der Waals surface area (Å²) >= 11 is 0. The fourth-order valence-corrected chi connectivity index (χ4v) is 3.01. The average Bonchev–Trinajstić information content (AvgIpc) is 2.70. The van der Waals surface area contributed by atoms with Crippen molar-refractivity contribution in [3.05, 3.63) is 65.2 Å². The van der Waals surface area contributed by atoms with Crippen molar-refractivity contribution in [1.29, 1.82) is 0 Å². The van der Waals surface area contributed by atoms with E-state index in [0.717, 1.165) is 28.9 Å². The van der Waals surface area contributed by atoms with Crippen molar-refractivity contribution in [2.24, 2.45) is 0 Å². The van der Waals surface area contributed by atoms with Gasteiger partial charge in [0.25, 0.3) is 0 Å². The van der Waals surface area contributed by atoms with E-state index in [1.54, 1.807) is 18.9 Å². The van der Waals surface area contributed by atoms with Gasteiger partial charge in [-0.15, -0.1) is 0 Å². The van der Waals surface area contributed by atoms with Gasteiger partial charge in [0.2, 0.25) is 11.8 Å². The SMILES string of the molecule is CCCNC(=O)[C@H](C)N(Cc1cccc(C)c1)C(=O)Cc1ccc(OC)cc1. The van der Waals surface area contributed by atoms with E-state index in [1.807, 2.05) is 62.4 Å². The van der Waals surface area contributed by atoms with Crippen LogP contribution in [0.2, 0.25) is 0 Å². The predicted octanol–water partition coefficient (Wildman–Crippen LogP) is 3.49. The molecule has 0 aromatic heterocycles. The highest BCUT2D eigenvalue weighted by Crippen LogP contribution is 2.16. The number of nitrogens with one attached hydrogen (secondary N) is 1. The number of carbonyl (C=O) groups is 2. The zero-order valence-electron chi connectivity index (χ0n) is 17.2. The number of ether oxygens (including phenoxy) is 1. The fourth-order valence-electron chi connectivity index (χ4n) is 3.01. The summed E-state index contributed by atoms with van der Waals surface area (Å²) in [6.45, 7) is 6.81. The molecule has 0 spiro atoms. The molecule has 2 aromatic rings. The Hall–Kier alpha value is -2.82. The molecular weight excluding hydrogens is 352 g/mol. The number of amides is 2. The summed E-state index contributed by atoms with van der Waals surface area (Å²) in [7, 11) is 1.61. The molecule has 0 radical (unpaired) electrons. The lowest BCUT2D eigenvalue weighted by atomic mass is 10.1. The van der Waals surface area contributed by atoms with Crippen molar-refractivity contribution in [2.75, 3.05) is 13.7 Å². The number of carbonyl (C=O) groups excluding carboxylic acids is 2. The van der Waals surface area contributed by atoms with Crippen LogP contribution in [0.15, 0.2) is 48.5 Å². The average molecular weight is 383 g/mol. The molecule has 0 unspecified atom stereocenters. The highest BCUT2D eigenvalue weighted by atomic mass is 16.5. The number of hydrogen-bond acceptors (Lipinski definition) is 3. The van der Waals surface area contributed by atoms with Gasteiger partial charge in [0, 0.05) is 13.1 Å². The van der Waals surface area contributed by atoms with Gasteiger partial charge in [-0.25, -0.2) is 0 Å². The lowest BCUT2D eigenvalue weighted by Crippen LogP contribution is -2.48. The third-order valence-corrected chi connectivity index (χ3v) is 4.67. The molecule has 2 amide bonds. The van der Waals surface area contributed by atoms with E-state index in [1.165, 1.54) is 0 Å². The minimum Gasteiger partial charge on any atom is -0.497 e. The smallest absolute Gasteiger partial charge is 0.242 e. The second kappa shape index (κ2) is 10.5. The van der Waals surface area contributed by atoms with Gasteiger partial charge < -0.3 is 15.0 Å². The van der Waals surface area contributed by atoms with E-state index >= 15 is 0 Å². The molecule has 0 heterocycles. The van der Waals surface area contributed by atoms with E-state index in [-0.39, 0.29) is 18.2 Å². The lowest BCUT2D eigenvalue weighted by molar-refractivity contribution is -0.140. The summed E-state index contributed by atoms with van der Waals surface area (Å²) in [6.07, 6.45) is 1.09. The molecule has 0 saturated heterocycles. The fraction of sp³-hybridized carbons (Fsp3) is 0.391. The Morgan fingerprint density at radius 3 is 2.43 bits per heavy atom. The zero-order chi connectivity index (χ0) is 20.5. The summed E-state index contributed by atoms with van der Waals surface area (Å²) in [5, 5.41) is 2.89. The van der Waals surface area contributed by atoms with E-state index in [2.05, 4.69) is 5.32 Å². The molecule has 0 saturated carbocycles. The van der Waals surface area contributed by atoms with E-state index < -0.39 is 6.04 Å². The third-order valence-electron chi connectivity index (χ3n) is 4.67. The summed E-state index contributed by atoms with van der Waals surface area (Å²) in [5.74, 6) is 0.545. The van der Waals surface area contributed by atoms with Gasteiger partial charge in [0.15, 0.2) is 0 Å². The normalized spacial score (nSPS) is 11.6. The minimum absolute atomic E-state index is 0.0779. The topological polar surface area (TPSA) is 58.6 Å². The first-order valence-electron chi connectivity index (χ1n) is 9.70. The van der Waals surface area contributed by atoms with Crippen LogP contribution in [-0.4, -0.2) is 36.4 Å². The summed E-state index contributed by atoms with van der Waals surface area (Å²) in [4.78, 5) is 27.3. The van der Waals surface area contributed by atoms with Gasteiger partial charge in [-0.2, -0.15) is 0 Å². The standard InChI is InChI=1S/C23H30N2O3/c1-5-13-24-23(27)18(3)25(16-20-8-6-7-17(2)14-20)22(26)15-19-9-11-21(28-4)12-10-19/h6-12,14,18H,5,13,15-16H2,1-4H3,(H,24,27)/t18-/m0/s1. The molecule has 2 rings (SSSR count). The number of methoxy groups -OCH3 is 1. The highest BCUT2D eigenvalue weighted by molar-refractivity contribution is 5.88. The quantitative estimate of drug-likeness (QED) is 0.722. The monoisotopic (exact) mass is 382 g/mol. The van der Waals surface area contributed by atoms with E-state index in [0.29, 0.717) is 13.1 Å². The van der Waals surface area contributed by atoms with Crippen LogP contribution in [-0.2, 0) is 22.6 Å². The summed E-state index contributed by atoms with van der Waals surface area (Å²) in [5.41, 5.74) is 3.03. The predicted molar refractivity (Wildman–Crippen MR) is 111 cm³/mol. The number of aryl methyl sites for hydroxylation is 1. The molecule has 0 bridgehead atoms. The summed E-state index contributed by atoms with van der Waals surface area (Å²) < 4.78 is 5.17. The maximum atomic E-state index is 13.1. The molecule has 0 aliphatic carbocycles. The van der Waals surface area contributed by atoms with E-state index in [4.69, 9.17) is 4.74 Å². The van der Waals surface area contributed by atoms with Gasteiger partial charge in [-0.3, -0.25) is 9.59 Å². The second-order valence-electron chi connectivity index (χ2n) is 7.00. The molecule has 28 heavy (non-hydrogen) atoms. The van der Waals surface area contributed by atoms with Crippen LogP contribution in [0.1, 0.15) is 37.0 Å². The first kappa shape index (κ1) is 21.5. The van der Waals surface area contributed by atoms with Crippen molar-refractivity contribution in [3.8, 4) is 5.75 Å². The Morgan fingerprint density at radius 1 is 1.11 bits per heavy atom. The Morgan fingerprint density at radius 2 is 1.82 bits per heavy atom. The van der Waals surface area contributed by atoms with Crippen LogP contribution in [0.5, 0.6) is 5.75 Å². The molecule has 150 valence electrons. The molecule has 5 nitrogen and oxygen atoms in total. The van der Waals surface area contributed by atoms with Crippen LogP contribution < -0.4 is 10.1 Å². The van der Waals surface area contributed by atoms with Gasteiger partial charge in [-0.1, -0.05) is 48.9 Å². The summed E-state index contributed by atoms with van der Waals surface area (Å²) in [6, 6.07) is 14.9. The Bertz CT molecular complexity index is 787. The van der Waals surface area contributed by atoms with Crippen molar-refractivity contribution >= 4 is 11.8 Å². The maximum Gasteiger partial charge on any atom is 0.242 e. The van der Waals surface area contributed by atoms with Crippen molar-refractivity contribution in [2.45, 2.75) is 46.2 Å². The largest absolute Gasteiger partial charge is 0.497 e. The number of hydrogen-bond donors (Lipinski definition) is 1. The molecule has 0 aliphatic rings. The Kier molecular flexibility index (Phi) is 8.05. The molecule has 0 aliphatic heterocycles. The van der Waals surface area contributed by atoms with Gasteiger partial charge in [0.05, 0.1) is 13.5 Å². The Balaban J connectivity index is 2.19. The molecule has 1 N–H and O–H groups in total. The molecule has 1 atom stereocenters. The maximum absolute atomic E-state index is 13.1. The molecule has 0 fully saturated rings. The number of nitrogens with zero attached hydrogens (tertiary/aromatic N) is 1. The van der Waals surface area contributed by atoms with Gasteiger partial charge in [0.1, 0.15) is 11.8 Å². The van der Waals surface area contributed by atoms with Crippen LogP contribution in [0.4, 0.5) is 0 Å². The highest BCUT2D eigenvalue weighted by Gasteiger charge is 2.26. The molecule has 5 heteroatoms. The third kappa shape index (κ3) is 6.12. The van der Waals surface area contributed by atoms with Gasteiger partial charge in [-0.05, 0) is 43.5 Å². The molecule has 2 aromatic carbocycles. The van der Waals surface area contributed by atoms with Crippen LogP contribution in [0, 0.1) is 6.92 Å². The lowest BCUT2D eigenvalue weighted by Gasteiger charge is -2.29. The zero-order valence-corrected chi connectivity index (χ0v) is 17.2. The van der Waals surface area contributed by atoms with Crippen molar-refractivity contribution in [3.63, 3.8) is 0 Å². The van der Waals surface area contributed by atoms with Crippen LogP contribution >= 0.6 is 0 Å².